The molecule has 0 aromatic carbocycles. The maximum absolute atomic E-state index is 11.9. The molecule has 0 bridgehead atoms. The van der Waals surface area contributed by atoms with E-state index in [1.807, 2.05) is 32.9 Å². The first-order valence-corrected chi connectivity index (χ1v) is 5.78. The highest BCUT2D eigenvalue weighted by molar-refractivity contribution is 5.90. The van der Waals surface area contributed by atoms with E-state index in [0.29, 0.717) is 0 Å². The zero-order valence-electron chi connectivity index (χ0n) is 10.8. The summed E-state index contributed by atoms with van der Waals surface area (Å²) in [6, 6.07) is 5.55. The van der Waals surface area contributed by atoms with Crippen LogP contribution in [-0.4, -0.2) is 20.7 Å². The third-order valence-electron chi connectivity index (χ3n) is 2.58. The zero-order valence-corrected chi connectivity index (χ0v) is 10.8. The molecule has 0 saturated heterocycles. The monoisotopic (exact) mass is 244 g/mol. The number of nitrogens with zero attached hydrogens (tertiary/aromatic N) is 3. The molecule has 0 spiro atoms. The van der Waals surface area contributed by atoms with E-state index in [4.69, 9.17) is 0 Å². The minimum atomic E-state index is -0.0909. The number of carbonyl (C=O) groups excluding carboxylic acids is 1. The van der Waals surface area contributed by atoms with Gasteiger partial charge in [0.1, 0.15) is 6.54 Å². The molecule has 18 heavy (non-hydrogen) atoms. The minimum absolute atomic E-state index is 0.0909. The number of carbonyl (C=O) groups is 1. The Labute approximate surface area is 106 Å². The maximum Gasteiger partial charge on any atom is 0.246 e. The van der Waals surface area contributed by atoms with Crippen molar-refractivity contribution < 1.29 is 4.79 Å². The van der Waals surface area contributed by atoms with Crippen LogP contribution in [0.25, 0.3) is 0 Å². The Bertz CT molecular complexity index is 574. The van der Waals surface area contributed by atoms with Gasteiger partial charge in [0.05, 0.1) is 5.69 Å². The van der Waals surface area contributed by atoms with Gasteiger partial charge in [-0.05, 0) is 39.0 Å². The van der Waals surface area contributed by atoms with E-state index in [9.17, 15) is 4.79 Å². The third-order valence-corrected chi connectivity index (χ3v) is 2.58. The lowest BCUT2D eigenvalue weighted by Crippen LogP contribution is -2.20. The molecule has 2 aromatic heterocycles. The fourth-order valence-electron chi connectivity index (χ4n) is 1.79. The van der Waals surface area contributed by atoms with E-state index in [2.05, 4.69) is 15.4 Å². The minimum Gasteiger partial charge on any atom is -0.324 e. The number of hydrogen-bond acceptors (Lipinski definition) is 3. The molecule has 1 N–H and O–H groups in total. The second kappa shape index (κ2) is 5.00. The Morgan fingerprint density at radius 1 is 1.28 bits per heavy atom. The fourth-order valence-corrected chi connectivity index (χ4v) is 1.79. The molecule has 0 saturated carbocycles. The van der Waals surface area contributed by atoms with E-state index in [-0.39, 0.29) is 12.5 Å². The van der Waals surface area contributed by atoms with Gasteiger partial charge < -0.3 is 5.32 Å². The van der Waals surface area contributed by atoms with Gasteiger partial charge in [-0.1, -0.05) is 0 Å². The predicted molar refractivity (Wildman–Crippen MR) is 69.3 cm³/mol. The van der Waals surface area contributed by atoms with Crippen LogP contribution in [0, 0.1) is 20.8 Å². The molecule has 0 aliphatic heterocycles. The largest absolute Gasteiger partial charge is 0.324 e. The molecule has 0 atom stereocenters. The molecule has 2 heterocycles. The quantitative estimate of drug-likeness (QED) is 0.896. The molecule has 5 nitrogen and oxygen atoms in total. The lowest BCUT2D eigenvalue weighted by Gasteiger charge is -2.07. The molecule has 0 unspecified atom stereocenters. The maximum atomic E-state index is 11.9. The highest BCUT2D eigenvalue weighted by Gasteiger charge is 2.07. The number of hydrogen-bond donors (Lipinski definition) is 1. The van der Waals surface area contributed by atoms with Crippen LogP contribution in [0.5, 0.6) is 0 Å². The first kappa shape index (κ1) is 12.3. The average Bonchev–Trinajstić information content (AvgIpc) is 2.57. The number of rotatable bonds is 3. The third kappa shape index (κ3) is 2.94. The first-order chi connectivity index (χ1) is 8.54. The standard InChI is InChI=1S/C13H16N4O/c1-9-7-12(4-5-14-9)15-13(18)8-17-11(3)6-10(2)16-17/h4-7H,8H2,1-3H3,(H,14,15,18). The second-order valence-electron chi connectivity index (χ2n) is 4.32. The Morgan fingerprint density at radius 2 is 2.06 bits per heavy atom. The number of aromatic nitrogens is 3. The summed E-state index contributed by atoms with van der Waals surface area (Å²) >= 11 is 0. The van der Waals surface area contributed by atoms with Crippen molar-refractivity contribution in [3.8, 4) is 0 Å². The molecular weight excluding hydrogens is 228 g/mol. The van der Waals surface area contributed by atoms with Gasteiger partial charge in [-0.25, -0.2) is 0 Å². The van der Waals surface area contributed by atoms with Gasteiger partial charge >= 0.3 is 0 Å². The van der Waals surface area contributed by atoms with Crippen LogP contribution in [0.1, 0.15) is 17.1 Å². The molecule has 0 aliphatic rings. The van der Waals surface area contributed by atoms with Crippen LogP contribution >= 0.6 is 0 Å². The Hall–Kier alpha value is -2.17. The predicted octanol–water partition coefficient (Wildman–Crippen LogP) is 1.84. The van der Waals surface area contributed by atoms with Gasteiger partial charge in [-0.3, -0.25) is 14.5 Å². The van der Waals surface area contributed by atoms with Crippen molar-refractivity contribution >= 4 is 11.6 Å². The molecule has 2 rings (SSSR count). The molecule has 0 aliphatic carbocycles. The van der Waals surface area contributed by atoms with Crippen LogP contribution in [0.2, 0.25) is 0 Å². The summed E-state index contributed by atoms with van der Waals surface area (Å²) < 4.78 is 1.69. The van der Waals surface area contributed by atoms with Crippen molar-refractivity contribution in [2.45, 2.75) is 27.3 Å². The topological polar surface area (TPSA) is 59.8 Å². The molecule has 94 valence electrons. The van der Waals surface area contributed by atoms with Gasteiger partial charge in [0.2, 0.25) is 5.91 Å². The van der Waals surface area contributed by atoms with Crippen molar-refractivity contribution in [2.24, 2.45) is 0 Å². The van der Waals surface area contributed by atoms with Gasteiger partial charge in [0.25, 0.3) is 0 Å². The van der Waals surface area contributed by atoms with Gasteiger partial charge in [0.15, 0.2) is 0 Å². The summed E-state index contributed by atoms with van der Waals surface area (Å²) in [6.45, 7) is 5.95. The number of aryl methyl sites for hydroxylation is 3. The summed E-state index contributed by atoms with van der Waals surface area (Å²) in [5, 5.41) is 7.08. The Morgan fingerprint density at radius 3 is 2.67 bits per heavy atom. The van der Waals surface area contributed by atoms with E-state index < -0.39 is 0 Å². The van der Waals surface area contributed by atoms with Crippen LogP contribution in [0.3, 0.4) is 0 Å². The second-order valence-corrected chi connectivity index (χ2v) is 4.32. The Balaban J connectivity index is 2.03. The lowest BCUT2D eigenvalue weighted by molar-refractivity contribution is -0.116. The van der Waals surface area contributed by atoms with Crippen molar-refractivity contribution in [3.05, 3.63) is 41.5 Å². The summed E-state index contributed by atoms with van der Waals surface area (Å²) in [4.78, 5) is 15.9. The van der Waals surface area contributed by atoms with Crippen molar-refractivity contribution in [3.63, 3.8) is 0 Å². The van der Waals surface area contributed by atoms with Gasteiger partial charge in [-0.2, -0.15) is 5.10 Å². The van der Waals surface area contributed by atoms with Gasteiger partial charge in [0, 0.05) is 23.3 Å². The summed E-state index contributed by atoms with van der Waals surface area (Å²) in [7, 11) is 0. The number of nitrogens with one attached hydrogen (secondary N) is 1. The molecule has 0 radical (unpaired) electrons. The van der Waals surface area contributed by atoms with E-state index >= 15 is 0 Å². The Kier molecular flexibility index (Phi) is 3.41. The van der Waals surface area contributed by atoms with E-state index in [0.717, 1.165) is 22.8 Å². The summed E-state index contributed by atoms with van der Waals surface area (Å²) in [6.07, 6.45) is 1.67. The number of pyridine rings is 1. The van der Waals surface area contributed by atoms with Gasteiger partial charge in [-0.15, -0.1) is 0 Å². The molecule has 2 aromatic rings. The zero-order chi connectivity index (χ0) is 13.1. The summed E-state index contributed by atoms with van der Waals surface area (Å²) in [5.41, 5.74) is 3.53. The molecular formula is C13H16N4O. The molecule has 5 heteroatoms. The number of amides is 1. The smallest absolute Gasteiger partial charge is 0.246 e. The van der Waals surface area contributed by atoms with Crippen molar-refractivity contribution in [2.75, 3.05) is 5.32 Å². The highest BCUT2D eigenvalue weighted by Crippen LogP contribution is 2.08. The van der Waals surface area contributed by atoms with Crippen LogP contribution in [0.15, 0.2) is 24.4 Å². The molecule has 1 amide bonds. The van der Waals surface area contributed by atoms with E-state index in [1.165, 1.54) is 0 Å². The SMILES string of the molecule is Cc1cc(NC(=O)Cn2nc(C)cc2C)ccn1. The number of anilines is 1. The van der Waals surface area contributed by atoms with Crippen LogP contribution in [-0.2, 0) is 11.3 Å². The summed E-state index contributed by atoms with van der Waals surface area (Å²) in [5.74, 6) is -0.0909. The van der Waals surface area contributed by atoms with Crippen LogP contribution < -0.4 is 5.32 Å². The normalized spacial score (nSPS) is 10.4. The fraction of sp³-hybridized carbons (Fsp3) is 0.308. The van der Waals surface area contributed by atoms with Crippen LogP contribution in [0.4, 0.5) is 5.69 Å². The highest BCUT2D eigenvalue weighted by atomic mass is 16.2. The van der Waals surface area contributed by atoms with Crippen molar-refractivity contribution in [1.29, 1.82) is 0 Å². The first-order valence-electron chi connectivity index (χ1n) is 5.78. The molecule has 0 fully saturated rings. The van der Waals surface area contributed by atoms with E-state index in [1.54, 1.807) is 16.9 Å². The average molecular weight is 244 g/mol. The lowest BCUT2D eigenvalue weighted by atomic mass is 10.3. The van der Waals surface area contributed by atoms with Crippen molar-refractivity contribution in [1.82, 2.24) is 14.8 Å².